The highest BCUT2D eigenvalue weighted by Crippen LogP contribution is 2.21. The van der Waals surface area contributed by atoms with Crippen molar-refractivity contribution in [3.05, 3.63) is 34.9 Å². The molecule has 0 bridgehead atoms. The van der Waals surface area contributed by atoms with Crippen LogP contribution in [-0.2, 0) is 4.79 Å². The van der Waals surface area contributed by atoms with E-state index < -0.39 is 6.04 Å². The van der Waals surface area contributed by atoms with Gasteiger partial charge in [-0.25, -0.2) is 0 Å². The van der Waals surface area contributed by atoms with Gasteiger partial charge in [-0.05, 0) is 25.0 Å². The van der Waals surface area contributed by atoms with E-state index in [4.69, 9.17) is 17.3 Å². The first-order valence-electron chi connectivity index (χ1n) is 5.36. The molecule has 1 amide bonds. The van der Waals surface area contributed by atoms with Crippen molar-refractivity contribution in [2.24, 2.45) is 5.73 Å². The van der Waals surface area contributed by atoms with E-state index >= 15 is 0 Å². The third-order valence-electron chi connectivity index (χ3n) is 2.51. The van der Waals surface area contributed by atoms with Crippen LogP contribution < -0.4 is 11.1 Å². The van der Waals surface area contributed by atoms with Crippen LogP contribution in [0.4, 0.5) is 0 Å². The lowest BCUT2D eigenvalue weighted by Crippen LogP contribution is -2.41. The van der Waals surface area contributed by atoms with Gasteiger partial charge in [-0.3, -0.25) is 4.79 Å². The van der Waals surface area contributed by atoms with E-state index in [1.54, 1.807) is 6.07 Å². The van der Waals surface area contributed by atoms with Crippen molar-refractivity contribution in [3.63, 3.8) is 0 Å². The molecule has 0 aliphatic rings. The molecule has 0 unspecified atom stereocenters. The Kier molecular flexibility index (Phi) is 4.77. The molecule has 0 aliphatic heterocycles. The molecule has 0 aliphatic carbocycles. The molecule has 1 rings (SSSR count). The van der Waals surface area contributed by atoms with Crippen LogP contribution in [0, 0.1) is 0 Å². The maximum absolute atomic E-state index is 11.6. The van der Waals surface area contributed by atoms with E-state index in [9.17, 15) is 4.79 Å². The standard InChI is InChI=1S/C12H17ClN2O/c1-3-11(14)12(16)15-8(2)9-6-4-5-7-10(9)13/h4-8,11H,3,14H2,1-2H3,(H,15,16)/t8-,11+/m1/s1. The lowest BCUT2D eigenvalue weighted by Gasteiger charge is -2.18. The molecule has 0 radical (unpaired) electrons. The molecular weight excluding hydrogens is 224 g/mol. The molecule has 0 saturated heterocycles. The molecule has 0 aromatic heterocycles. The summed E-state index contributed by atoms with van der Waals surface area (Å²) in [5.74, 6) is -0.144. The fourth-order valence-corrected chi connectivity index (χ4v) is 1.71. The maximum atomic E-state index is 11.6. The molecule has 1 aromatic carbocycles. The van der Waals surface area contributed by atoms with Crippen LogP contribution in [0.25, 0.3) is 0 Å². The third kappa shape index (κ3) is 3.22. The summed E-state index contributed by atoms with van der Waals surface area (Å²) in [5.41, 5.74) is 6.54. The van der Waals surface area contributed by atoms with Gasteiger partial charge in [0, 0.05) is 5.02 Å². The number of amides is 1. The number of hydrogen-bond acceptors (Lipinski definition) is 2. The van der Waals surface area contributed by atoms with Crippen LogP contribution in [0.5, 0.6) is 0 Å². The summed E-state index contributed by atoms with van der Waals surface area (Å²) in [4.78, 5) is 11.6. The zero-order chi connectivity index (χ0) is 12.1. The highest BCUT2D eigenvalue weighted by molar-refractivity contribution is 6.31. The Bertz CT molecular complexity index is 368. The van der Waals surface area contributed by atoms with Gasteiger partial charge in [0.1, 0.15) is 0 Å². The van der Waals surface area contributed by atoms with Crippen molar-refractivity contribution in [1.82, 2.24) is 5.32 Å². The average Bonchev–Trinajstić information content (AvgIpc) is 2.28. The minimum Gasteiger partial charge on any atom is -0.348 e. The first kappa shape index (κ1) is 13.0. The summed E-state index contributed by atoms with van der Waals surface area (Å²) in [7, 11) is 0. The molecule has 1 aromatic rings. The maximum Gasteiger partial charge on any atom is 0.237 e. The number of halogens is 1. The molecule has 3 N–H and O–H groups in total. The smallest absolute Gasteiger partial charge is 0.237 e. The second-order valence-corrected chi connectivity index (χ2v) is 4.17. The fourth-order valence-electron chi connectivity index (χ4n) is 1.41. The molecule has 0 heterocycles. The van der Waals surface area contributed by atoms with Crippen molar-refractivity contribution < 1.29 is 4.79 Å². The van der Waals surface area contributed by atoms with Gasteiger partial charge >= 0.3 is 0 Å². The monoisotopic (exact) mass is 240 g/mol. The number of benzene rings is 1. The van der Waals surface area contributed by atoms with Crippen molar-refractivity contribution in [2.75, 3.05) is 0 Å². The summed E-state index contributed by atoms with van der Waals surface area (Å²) in [5, 5.41) is 3.49. The summed E-state index contributed by atoms with van der Waals surface area (Å²) in [6.45, 7) is 3.77. The van der Waals surface area contributed by atoms with Crippen molar-refractivity contribution in [2.45, 2.75) is 32.4 Å². The Hall–Kier alpha value is -1.06. The SMILES string of the molecule is CC[C@H](N)C(=O)N[C@H](C)c1ccccc1Cl. The van der Waals surface area contributed by atoms with E-state index in [1.165, 1.54) is 0 Å². The first-order chi connectivity index (χ1) is 7.56. The molecule has 88 valence electrons. The van der Waals surface area contributed by atoms with Crippen molar-refractivity contribution in [3.8, 4) is 0 Å². The summed E-state index contributed by atoms with van der Waals surface area (Å²) < 4.78 is 0. The summed E-state index contributed by atoms with van der Waals surface area (Å²) >= 11 is 6.03. The minimum atomic E-state index is -0.454. The zero-order valence-electron chi connectivity index (χ0n) is 9.53. The van der Waals surface area contributed by atoms with E-state index in [0.717, 1.165) is 5.56 Å². The molecule has 0 spiro atoms. The Labute approximate surface area is 101 Å². The topological polar surface area (TPSA) is 55.1 Å². The number of carbonyl (C=O) groups excluding carboxylic acids is 1. The normalized spacial score (nSPS) is 14.2. The van der Waals surface area contributed by atoms with Crippen molar-refractivity contribution in [1.29, 1.82) is 0 Å². The van der Waals surface area contributed by atoms with Crippen LogP contribution in [0.3, 0.4) is 0 Å². The molecule has 4 heteroatoms. The minimum absolute atomic E-state index is 0.126. The zero-order valence-corrected chi connectivity index (χ0v) is 10.3. The molecule has 2 atom stereocenters. The van der Waals surface area contributed by atoms with Crippen LogP contribution in [0.1, 0.15) is 31.9 Å². The number of nitrogens with one attached hydrogen (secondary N) is 1. The number of nitrogens with two attached hydrogens (primary N) is 1. The summed E-state index contributed by atoms with van der Waals surface area (Å²) in [6.07, 6.45) is 0.626. The number of hydrogen-bond donors (Lipinski definition) is 2. The highest BCUT2D eigenvalue weighted by Gasteiger charge is 2.16. The van der Waals surface area contributed by atoms with E-state index in [0.29, 0.717) is 11.4 Å². The van der Waals surface area contributed by atoms with E-state index in [-0.39, 0.29) is 11.9 Å². The first-order valence-corrected chi connectivity index (χ1v) is 5.74. The second kappa shape index (κ2) is 5.87. The van der Waals surface area contributed by atoms with E-state index in [1.807, 2.05) is 32.0 Å². The van der Waals surface area contributed by atoms with E-state index in [2.05, 4.69) is 5.32 Å². The lowest BCUT2D eigenvalue weighted by atomic mass is 10.1. The van der Waals surface area contributed by atoms with Gasteiger partial charge in [-0.1, -0.05) is 36.7 Å². The lowest BCUT2D eigenvalue weighted by molar-refractivity contribution is -0.123. The molecular formula is C12H17ClN2O. The predicted octanol–water partition coefficient (Wildman–Crippen LogP) is 2.25. The highest BCUT2D eigenvalue weighted by atomic mass is 35.5. The molecule has 0 fully saturated rings. The second-order valence-electron chi connectivity index (χ2n) is 3.77. The van der Waals surface area contributed by atoms with Crippen LogP contribution in [-0.4, -0.2) is 11.9 Å². The Morgan fingerprint density at radius 1 is 1.50 bits per heavy atom. The third-order valence-corrected chi connectivity index (χ3v) is 2.85. The van der Waals surface area contributed by atoms with Gasteiger partial charge in [-0.2, -0.15) is 0 Å². The molecule has 16 heavy (non-hydrogen) atoms. The number of rotatable bonds is 4. The van der Waals surface area contributed by atoms with Gasteiger partial charge in [0.2, 0.25) is 5.91 Å². The Morgan fingerprint density at radius 2 is 2.12 bits per heavy atom. The van der Waals surface area contributed by atoms with Crippen LogP contribution in [0.2, 0.25) is 5.02 Å². The predicted molar refractivity (Wildman–Crippen MR) is 66.3 cm³/mol. The summed E-state index contributed by atoms with van der Waals surface area (Å²) in [6, 6.07) is 6.87. The van der Waals surface area contributed by atoms with Gasteiger partial charge in [0.25, 0.3) is 0 Å². The average molecular weight is 241 g/mol. The fraction of sp³-hybridized carbons (Fsp3) is 0.417. The van der Waals surface area contributed by atoms with Crippen LogP contribution >= 0.6 is 11.6 Å². The van der Waals surface area contributed by atoms with Crippen LogP contribution in [0.15, 0.2) is 24.3 Å². The van der Waals surface area contributed by atoms with Gasteiger partial charge in [-0.15, -0.1) is 0 Å². The quantitative estimate of drug-likeness (QED) is 0.848. The van der Waals surface area contributed by atoms with Gasteiger partial charge < -0.3 is 11.1 Å². The number of carbonyl (C=O) groups is 1. The largest absolute Gasteiger partial charge is 0.348 e. The molecule has 0 saturated carbocycles. The molecule has 3 nitrogen and oxygen atoms in total. The van der Waals surface area contributed by atoms with Gasteiger partial charge in [0.05, 0.1) is 12.1 Å². The van der Waals surface area contributed by atoms with Crippen molar-refractivity contribution >= 4 is 17.5 Å². The Morgan fingerprint density at radius 3 is 2.69 bits per heavy atom. The van der Waals surface area contributed by atoms with Gasteiger partial charge in [0.15, 0.2) is 0 Å². The Balaban J connectivity index is 2.69.